The maximum Gasteiger partial charge on any atom is 0.251 e. The maximum atomic E-state index is 13.8. The molecule has 0 aliphatic carbocycles. The maximum absolute atomic E-state index is 13.8. The van der Waals surface area contributed by atoms with Crippen molar-refractivity contribution in [2.45, 2.75) is 12.5 Å². The summed E-state index contributed by atoms with van der Waals surface area (Å²) in [6.45, 7) is 0.123. The standard InChI is InChI=1S/C14H15FN2O3S/c15-13-8-11(4-3-10(13)2-1-6-16)14(18)17-12-5-7-21(19,20)9-12/h3-4,8,12H,5-7,9,16H2,(H,17,18). The molecule has 2 rings (SSSR count). The summed E-state index contributed by atoms with van der Waals surface area (Å²) in [5.74, 6) is 4.00. The third-order valence-electron chi connectivity index (χ3n) is 3.12. The smallest absolute Gasteiger partial charge is 0.251 e. The van der Waals surface area contributed by atoms with Gasteiger partial charge in [0, 0.05) is 11.6 Å². The van der Waals surface area contributed by atoms with Crippen LogP contribution in [0.5, 0.6) is 0 Å². The van der Waals surface area contributed by atoms with Crippen LogP contribution in [-0.2, 0) is 9.84 Å². The van der Waals surface area contributed by atoms with E-state index in [2.05, 4.69) is 17.2 Å². The topological polar surface area (TPSA) is 89.3 Å². The summed E-state index contributed by atoms with van der Waals surface area (Å²) in [4.78, 5) is 12.0. The minimum atomic E-state index is -3.07. The lowest BCUT2D eigenvalue weighted by Crippen LogP contribution is -2.35. The van der Waals surface area contributed by atoms with Crippen molar-refractivity contribution >= 4 is 15.7 Å². The number of nitrogens with one attached hydrogen (secondary N) is 1. The molecule has 1 atom stereocenters. The molecule has 0 aromatic heterocycles. The number of carbonyl (C=O) groups is 1. The molecular formula is C14H15FN2O3S. The fourth-order valence-electron chi connectivity index (χ4n) is 2.08. The normalized spacial score (nSPS) is 19.6. The lowest BCUT2D eigenvalue weighted by Gasteiger charge is -2.11. The molecule has 5 nitrogen and oxygen atoms in total. The van der Waals surface area contributed by atoms with Crippen molar-refractivity contribution in [1.29, 1.82) is 0 Å². The molecule has 1 heterocycles. The van der Waals surface area contributed by atoms with E-state index in [0.717, 1.165) is 6.07 Å². The van der Waals surface area contributed by atoms with Crippen molar-refractivity contribution in [2.24, 2.45) is 5.73 Å². The molecule has 3 N–H and O–H groups in total. The number of carbonyl (C=O) groups excluding carboxylic acids is 1. The van der Waals surface area contributed by atoms with E-state index in [0.29, 0.717) is 6.42 Å². The molecule has 0 saturated carbocycles. The van der Waals surface area contributed by atoms with Gasteiger partial charge in [0.25, 0.3) is 5.91 Å². The van der Waals surface area contributed by atoms with Crippen LogP contribution in [-0.4, -0.2) is 38.4 Å². The van der Waals surface area contributed by atoms with Gasteiger partial charge in [-0.1, -0.05) is 11.8 Å². The molecule has 112 valence electrons. The van der Waals surface area contributed by atoms with Gasteiger partial charge in [-0.05, 0) is 24.6 Å². The summed E-state index contributed by atoms with van der Waals surface area (Å²) < 4.78 is 36.4. The predicted octanol–water partition coefficient (Wildman–Crippen LogP) is 0.0528. The summed E-state index contributed by atoms with van der Waals surface area (Å²) in [6.07, 6.45) is 0.386. The highest BCUT2D eigenvalue weighted by Gasteiger charge is 2.29. The van der Waals surface area contributed by atoms with Crippen molar-refractivity contribution in [1.82, 2.24) is 5.32 Å². The first-order chi connectivity index (χ1) is 9.91. The van der Waals surface area contributed by atoms with Crippen molar-refractivity contribution in [3.63, 3.8) is 0 Å². The van der Waals surface area contributed by atoms with E-state index in [4.69, 9.17) is 5.73 Å². The Morgan fingerprint density at radius 2 is 2.24 bits per heavy atom. The largest absolute Gasteiger partial charge is 0.348 e. The van der Waals surface area contributed by atoms with Crippen molar-refractivity contribution in [3.8, 4) is 11.8 Å². The molecule has 1 saturated heterocycles. The van der Waals surface area contributed by atoms with Crippen LogP contribution in [0, 0.1) is 17.7 Å². The summed E-state index contributed by atoms with van der Waals surface area (Å²) in [5.41, 5.74) is 5.51. The number of halogens is 1. The molecule has 0 spiro atoms. The van der Waals surface area contributed by atoms with E-state index < -0.39 is 27.6 Å². The molecule has 0 bridgehead atoms. The molecular weight excluding hydrogens is 295 g/mol. The van der Waals surface area contributed by atoms with E-state index in [1.165, 1.54) is 12.1 Å². The lowest BCUT2D eigenvalue weighted by molar-refractivity contribution is 0.0940. The number of benzene rings is 1. The van der Waals surface area contributed by atoms with Gasteiger partial charge in [0.05, 0.1) is 23.6 Å². The van der Waals surface area contributed by atoms with Gasteiger partial charge in [0.1, 0.15) is 5.82 Å². The van der Waals surface area contributed by atoms with E-state index in [9.17, 15) is 17.6 Å². The Morgan fingerprint density at radius 3 is 2.81 bits per heavy atom. The SMILES string of the molecule is NCC#Cc1ccc(C(=O)NC2CCS(=O)(=O)C2)cc1F. The zero-order valence-electron chi connectivity index (χ0n) is 11.2. The number of hydrogen-bond donors (Lipinski definition) is 2. The van der Waals surface area contributed by atoms with Crippen LogP contribution in [0.2, 0.25) is 0 Å². The van der Waals surface area contributed by atoms with Crippen LogP contribution in [0.15, 0.2) is 18.2 Å². The van der Waals surface area contributed by atoms with E-state index in [1.807, 2.05) is 0 Å². The Morgan fingerprint density at radius 1 is 1.48 bits per heavy atom. The summed E-state index contributed by atoms with van der Waals surface area (Å²) in [5, 5.41) is 2.60. The van der Waals surface area contributed by atoms with Crippen LogP contribution in [0.1, 0.15) is 22.3 Å². The molecule has 1 amide bonds. The van der Waals surface area contributed by atoms with Gasteiger partial charge in [-0.3, -0.25) is 4.79 Å². The number of rotatable bonds is 2. The quantitative estimate of drug-likeness (QED) is 0.756. The van der Waals surface area contributed by atoms with Crippen molar-refractivity contribution < 1.29 is 17.6 Å². The molecule has 1 aliphatic rings. The zero-order chi connectivity index (χ0) is 15.5. The molecule has 1 fully saturated rings. The van der Waals surface area contributed by atoms with Crippen LogP contribution >= 0.6 is 0 Å². The zero-order valence-corrected chi connectivity index (χ0v) is 12.0. The highest BCUT2D eigenvalue weighted by molar-refractivity contribution is 7.91. The summed E-state index contributed by atoms with van der Waals surface area (Å²) >= 11 is 0. The molecule has 21 heavy (non-hydrogen) atoms. The van der Waals surface area contributed by atoms with Gasteiger partial charge in [-0.2, -0.15) is 0 Å². The Balaban J connectivity index is 2.08. The van der Waals surface area contributed by atoms with Crippen LogP contribution in [0.4, 0.5) is 4.39 Å². The Hall–Kier alpha value is -1.91. The predicted molar refractivity (Wildman–Crippen MR) is 76.9 cm³/mol. The highest BCUT2D eigenvalue weighted by Crippen LogP contribution is 2.14. The van der Waals surface area contributed by atoms with E-state index >= 15 is 0 Å². The summed E-state index contributed by atoms with van der Waals surface area (Å²) in [7, 11) is -3.07. The Kier molecular flexibility index (Phi) is 4.60. The number of nitrogens with two attached hydrogens (primary N) is 1. The van der Waals surface area contributed by atoms with Gasteiger partial charge < -0.3 is 11.1 Å². The first-order valence-corrected chi connectivity index (χ1v) is 8.23. The second kappa shape index (κ2) is 6.24. The fourth-order valence-corrected chi connectivity index (χ4v) is 3.75. The minimum absolute atomic E-state index is 0.0682. The monoisotopic (exact) mass is 310 g/mol. The Bertz CT molecular complexity index is 719. The number of sulfone groups is 1. The first-order valence-electron chi connectivity index (χ1n) is 6.41. The third-order valence-corrected chi connectivity index (χ3v) is 4.89. The van der Waals surface area contributed by atoms with Crippen LogP contribution in [0.25, 0.3) is 0 Å². The molecule has 0 radical (unpaired) electrons. The van der Waals surface area contributed by atoms with Crippen molar-refractivity contribution in [2.75, 3.05) is 18.1 Å². The lowest BCUT2D eigenvalue weighted by atomic mass is 10.1. The van der Waals surface area contributed by atoms with Gasteiger partial charge in [0.15, 0.2) is 9.84 Å². The second-order valence-electron chi connectivity index (χ2n) is 4.77. The van der Waals surface area contributed by atoms with Gasteiger partial charge in [-0.15, -0.1) is 0 Å². The molecule has 1 aliphatic heterocycles. The van der Waals surface area contributed by atoms with Crippen molar-refractivity contribution in [3.05, 3.63) is 35.1 Å². The average molecular weight is 310 g/mol. The number of hydrogen-bond acceptors (Lipinski definition) is 4. The fraction of sp³-hybridized carbons (Fsp3) is 0.357. The third kappa shape index (κ3) is 4.03. The summed E-state index contributed by atoms with van der Waals surface area (Å²) in [6, 6.07) is 3.52. The molecule has 7 heteroatoms. The van der Waals surface area contributed by atoms with Gasteiger partial charge >= 0.3 is 0 Å². The van der Waals surface area contributed by atoms with Crippen LogP contribution in [0.3, 0.4) is 0 Å². The minimum Gasteiger partial charge on any atom is -0.348 e. The Labute approximate surface area is 122 Å². The highest BCUT2D eigenvalue weighted by atomic mass is 32.2. The van der Waals surface area contributed by atoms with E-state index in [-0.39, 0.29) is 29.2 Å². The number of amides is 1. The van der Waals surface area contributed by atoms with Gasteiger partial charge in [0.2, 0.25) is 0 Å². The van der Waals surface area contributed by atoms with Crippen LogP contribution < -0.4 is 11.1 Å². The average Bonchev–Trinajstić information content (AvgIpc) is 2.76. The van der Waals surface area contributed by atoms with Gasteiger partial charge in [-0.25, -0.2) is 12.8 Å². The molecule has 1 unspecified atom stereocenters. The molecule has 1 aromatic rings. The van der Waals surface area contributed by atoms with E-state index in [1.54, 1.807) is 0 Å². The second-order valence-corrected chi connectivity index (χ2v) is 7.00. The molecule has 1 aromatic carbocycles. The first kappa shape index (κ1) is 15.5.